The van der Waals surface area contributed by atoms with Crippen molar-refractivity contribution in [3.63, 3.8) is 0 Å². The fraction of sp³-hybridized carbons (Fsp3) is 0.357. The van der Waals surface area contributed by atoms with E-state index in [1.165, 1.54) is 42.4 Å². The number of hydrogen-bond acceptors (Lipinski definition) is 4. The number of aryl methyl sites for hydroxylation is 4. The van der Waals surface area contributed by atoms with E-state index in [0.29, 0.717) is 6.10 Å². The summed E-state index contributed by atoms with van der Waals surface area (Å²) in [4.78, 5) is 15.3. The van der Waals surface area contributed by atoms with Crippen LogP contribution < -0.4 is 11.5 Å². The van der Waals surface area contributed by atoms with Crippen LogP contribution in [0.5, 0.6) is 0 Å². The number of pyridine rings is 1. The summed E-state index contributed by atoms with van der Waals surface area (Å²) in [5.74, 6) is -0.401. The molecule has 1 saturated carbocycles. The second kappa shape index (κ2) is 11.1. The summed E-state index contributed by atoms with van der Waals surface area (Å²) in [6.07, 6.45) is 7.37. The number of amides is 1. The van der Waals surface area contributed by atoms with Gasteiger partial charge < -0.3 is 16.2 Å². The molecule has 1 aliphatic rings. The highest BCUT2D eigenvalue weighted by atomic mass is 16.5. The lowest BCUT2D eigenvalue weighted by molar-refractivity contribution is 0.0456. The van der Waals surface area contributed by atoms with Crippen molar-refractivity contribution in [3.8, 4) is 11.1 Å². The highest BCUT2D eigenvalue weighted by molar-refractivity contribution is 5.98. The van der Waals surface area contributed by atoms with Crippen molar-refractivity contribution in [1.82, 2.24) is 4.98 Å². The maximum absolute atomic E-state index is 11.2. The van der Waals surface area contributed by atoms with Gasteiger partial charge in [-0.2, -0.15) is 0 Å². The molecule has 4 N–H and O–H groups in total. The summed E-state index contributed by atoms with van der Waals surface area (Å²) in [6.45, 7) is 9.14. The minimum absolute atomic E-state index is 0.163. The number of carbonyl (C=O) groups is 1. The van der Waals surface area contributed by atoms with E-state index in [1.807, 2.05) is 26.0 Å². The Morgan fingerprint density at radius 1 is 0.939 bits per heavy atom. The molecule has 2 aromatic carbocycles. The zero-order valence-corrected chi connectivity index (χ0v) is 20.2. The summed E-state index contributed by atoms with van der Waals surface area (Å²) in [5.41, 5.74) is 19.3. The molecule has 0 unspecified atom stereocenters. The lowest BCUT2D eigenvalue weighted by Gasteiger charge is -2.11. The number of nitrogens with zero attached hydrogens (tertiary/aromatic N) is 1. The normalized spacial score (nSPS) is 13.5. The topological polar surface area (TPSA) is 91.2 Å². The predicted molar refractivity (Wildman–Crippen MR) is 135 cm³/mol. The maximum atomic E-state index is 11.2. The van der Waals surface area contributed by atoms with E-state index < -0.39 is 5.91 Å². The SMILES string of the molecule is Cc1cc(C)cc(-c2cnc(N)c(C(N)=O)c2)c1.Cc1ccc(COC2CCCC2)cc1C. The van der Waals surface area contributed by atoms with Crippen LogP contribution >= 0.6 is 0 Å². The molecule has 1 heterocycles. The third-order valence-electron chi connectivity index (χ3n) is 6.10. The molecule has 174 valence electrons. The molecule has 0 radical (unpaired) electrons. The summed E-state index contributed by atoms with van der Waals surface area (Å²) < 4.78 is 5.88. The third-order valence-corrected chi connectivity index (χ3v) is 6.10. The Labute approximate surface area is 197 Å². The molecule has 3 aromatic rings. The Kier molecular flexibility index (Phi) is 8.23. The molecule has 5 heteroatoms. The molecule has 0 bridgehead atoms. The molecule has 0 aliphatic heterocycles. The molecule has 1 fully saturated rings. The molecule has 4 rings (SSSR count). The molecule has 5 nitrogen and oxygen atoms in total. The minimum Gasteiger partial charge on any atom is -0.383 e. The van der Waals surface area contributed by atoms with E-state index in [0.717, 1.165) is 28.9 Å². The molecular weight excluding hydrogens is 410 g/mol. The molecule has 33 heavy (non-hydrogen) atoms. The number of anilines is 1. The van der Waals surface area contributed by atoms with Crippen LogP contribution in [0.15, 0.2) is 48.7 Å². The van der Waals surface area contributed by atoms with Gasteiger partial charge in [-0.15, -0.1) is 0 Å². The number of benzene rings is 2. The van der Waals surface area contributed by atoms with Crippen LogP contribution in [0, 0.1) is 27.7 Å². The summed E-state index contributed by atoms with van der Waals surface area (Å²) in [7, 11) is 0. The number of carbonyl (C=O) groups excluding carboxylic acids is 1. The van der Waals surface area contributed by atoms with Gasteiger partial charge in [0.2, 0.25) is 0 Å². The number of primary amides is 1. The molecule has 0 atom stereocenters. The van der Waals surface area contributed by atoms with Gasteiger partial charge in [-0.05, 0) is 68.9 Å². The first-order valence-corrected chi connectivity index (χ1v) is 11.5. The molecule has 1 amide bonds. The van der Waals surface area contributed by atoms with E-state index in [9.17, 15) is 4.79 Å². The van der Waals surface area contributed by atoms with Gasteiger partial charge in [0.15, 0.2) is 0 Å². The zero-order chi connectivity index (χ0) is 24.0. The maximum Gasteiger partial charge on any atom is 0.252 e. The Hall–Kier alpha value is -3.18. The Balaban J connectivity index is 0.000000189. The number of rotatable bonds is 5. The molecule has 1 aromatic heterocycles. The van der Waals surface area contributed by atoms with E-state index in [4.69, 9.17) is 16.2 Å². The quantitative estimate of drug-likeness (QED) is 0.518. The smallest absolute Gasteiger partial charge is 0.252 e. The van der Waals surface area contributed by atoms with Gasteiger partial charge in [0.25, 0.3) is 5.91 Å². The van der Waals surface area contributed by atoms with Crippen molar-refractivity contribution in [1.29, 1.82) is 0 Å². The Morgan fingerprint density at radius 3 is 2.21 bits per heavy atom. The monoisotopic (exact) mass is 445 g/mol. The van der Waals surface area contributed by atoms with Gasteiger partial charge in [-0.1, -0.05) is 60.4 Å². The van der Waals surface area contributed by atoms with Crippen molar-refractivity contribution in [2.45, 2.75) is 66.1 Å². The second-order valence-corrected chi connectivity index (χ2v) is 9.03. The third kappa shape index (κ3) is 6.90. The number of aromatic nitrogens is 1. The minimum atomic E-state index is -0.564. The van der Waals surface area contributed by atoms with Crippen LogP contribution in [0.3, 0.4) is 0 Å². The number of nitrogen functional groups attached to an aromatic ring is 1. The van der Waals surface area contributed by atoms with Gasteiger partial charge in [-0.3, -0.25) is 4.79 Å². The first kappa shape index (κ1) is 24.5. The number of ether oxygens (including phenoxy) is 1. The fourth-order valence-electron chi connectivity index (χ4n) is 4.13. The van der Waals surface area contributed by atoms with Crippen molar-refractivity contribution < 1.29 is 9.53 Å². The first-order chi connectivity index (χ1) is 15.7. The van der Waals surface area contributed by atoms with E-state index in [1.54, 1.807) is 12.3 Å². The summed E-state index contributed by atoms with van der Waals surface area (Å²) >= 11 is 0. The number of nitrogens with two attached hydrogens (primary N) is 2. The summed E-state index contributed by atoms with van der Waals surface area (Å²) in [5, 5.41) is 0. The first-order valence-electron chi connectivity index (χ1n) is 11.5. The van der Waals surface area contributed by atoms with Gasteiger partial charge in [-0.25, -0.2) is 4.98 Å². The molecular formula is C28H35N3O2. The van der Waals surface area contributed by atoms with Crippen molar-refractivity contribution in [2.24, 2.45) is 5.73 Å². The lowest BCUT2D eigenvalue weighted by Crippen LogP contribution is -2.14. The number of hydrogen-bond donors (Lipinski definition) is 2. The largest absolute Gasteiger partial charge is 0.383 e. The van der Waals surface area contributed by atoms with Gasteiger partial charge in [0.05, 0.1) is 18.3 Å². The van der Waals surface area contributed by atoms with Gasteiger partial charge in [0, 0.05) is 11.8 Å². The highest BCUT2D eigenvalue weighted by Gasteiger charge is 2.15. The highest BCUT2D eigenvalue weighted by Crippen LogP contribution is 2.24. The molecule has 0 saturated heterocycles. The van der Waals surface area contributed by atoms with Crippen LogP contribution in [0.25, 0.3) is 11.1 Å². The fourth-order valence-corrected chi connectivity index (χ4v) is 4.13. The lowest BCUT2D eigenvalue weighted by atomic mass is 10.0. The van der Waals surface area contributed by atoms with Crippen LogP contribution in [0.4, 0.5) is 5.82 Å². The molecule has 1 aliphatic carbocycles. The van der Waals surface area contributed by atoms with E-state index >= 15 is 0 Å². The van der Waals surface area contributed by atoms with Crippen LogP contribution in [0.1, 0.15) is 63.9 Å². The van der Waals surface area contributed by atoms with E-state index in [2.05, 4.69) is 43.1 Å². The predicted octanol–water partition coefficient (Wildman–Crippen LogP) is 5.81. The molecule has 0 spiro atoms. The second-order valence-electron chi connectivity index (χ2n) is 9.03. The van der Waals surface area contributed by atoms with Crippen LogP contribution in [0.2, 0.25) is 0 Å². The Bertz CT molecular complexity index is 1100. The average molecular weight is 446 g/mol. The average Bonchev–Trinajstić information content (AvgIpc) is 3.28. The zero-order valence-electron chi connectivity index (χ0n) is 20.2. The van der Waals surface area contributed by atoms with Crippen molar-refractivity contribution in [3.05, 3.63) is 82.0 Å². The van der Waals surface area contributed by atoms with E-state index in [-0.39, 0.29) is 11.4 Å². The van der Waals surface area contributed by atoms with Crippen LogP contribution in [-0.4, -0.2) is 17.0 Å². The van der Waals surface area contributed by atoms with Gasteiger partial charge in [0.1, 0.15) is 5.82 Å². The van der Waals surface area contributed by atoms with Gasteiger partial charge >= 0.3 is 0 Å². The summed E-state index contributed by atoms with van der Waals surface area (Å²) in [6, 6.07) is 14.4. The van der Waals surface area contributed by atoms with Crippen molar-refractivity contribution >= 4 is 11.7 Å². The Morgan fingerprint density at radius 2 is 1.61 bits per heavy atom. The van der Waals surface area contributed by atoms with Crippen LogP contribution in [-0.2, 0) is 11.3 Å². The standard InChI is InChI=1S/C14H15N3O.C14H20O/c1-8-3-9(2)5-10(4-8)11-6-12(14(16)18)13(15)17-7-11;1-11-7-8-13(9-12(11)2)10-15-14-5-3-4-6-14/h3-7H,1-2H3,(H2,15,17)(H2,16,18);7-9,14H,3-6,10H2,1-2H3. The van der Waals surface area contributed by atoms with Crippen molar-refractivity contribution in [2.75, 3.05) is 5.73 Å².